The number of rotatable bonds is 33. The molecule has 7 aliphatic rings. The molecule has 0 saturated heterocycles. The zero-order valence-corrected chi connectivity index (χ0v) is 63.1. The first kappa shape index (κ1) is 84.8. The van der Waals surface area contributed by atoms with Crippen LogP contribution in [0.2, 0.25) is 0 Å². The van der Waals surface area contributed by atoms with E-state index in [4.69, 9.17) is 15.3 Å². The molecule has 0 spiro atoms. The van der Waals surface area contributed by atoms with Gasteiger partial charge in [0.15, 0.2) is 0 Å². The summed E-state index contributed by atoms with van der Waals surface area (Å²) in [6.45, 7) is 1.20. The van der Waals surface area contributed by atoms with Gasteiger partial charge in [0.25, 0.3) is 0 Å². The number of carbonyl (C=O) groups is 11. The minimum absolute atomic E-state index is 0.0372. The van der Waals surface area contributed by atoms with Crippen molar-refractivity contribution in [2.24, 2.45) is 10.2 Å². The fourth-order valence-corrected chi connectivity index (χ4v) is 14.3. The predicted octanol–water partition coefficient (Wildman–Crippen LogP) is 9.33. The zero-order chi connectivity index (χ0) is 77.8. The van der Waals surface area contributed by atoms with Gasteiger partial charge in [0.2, 0.25) is 57.3 Å². The molecule has 0 fully saturated rings. The molecule has 0 aliphatic carbocycles. The number of nitrogens with one attached hydrogen (secondary N) is 5. The maximum absolute atomic E-state index is 14.4. The van der Waals surface area contributed by atoms with E-state index in [-0.39, 0.29) is 157 Å². The molecule has 576 valence electrons. The number of hydrogen-bond donors (Lipinski definition) is 8. The van der Waals surface area contributed by atoms with Gasteiger partial charge in [0.05, 0.1) is 35.5 Å². The van der Waals surface area contributed by atoms with E-state index >= 15 is 0 Å². The maximum atomic E-state index is 14.4. The average Bonchev–Trinajstić information content (AvgIpc) is 0.848. The van der Waals surface area contributed by atoms with E-state index in [9.17, 15) is 61.2 Å². The highest BCUT2D eigenvalue weighted by molar-refractivity contribution is 8.76. The topological polar surface area (TPSA) is 384 Å². The summed E-state index contributed by atoms with van der Waals surface area (Å²) in [5, 5.41) is 46.5. The van der Waals surface area contributed by atoms with Crippen molar-refractivity contribution < 1.29 is 76.5 Å². The monoisotopic (exact) mass is 1540 g/mol. The summed E-state index contributed by atoms with van der Waals surface area (Å²) in [5.41, 5.74) is 7.99. The lowest BCUT2D eigenvalue weighted by molar-refractivity contribution is -0.139. The van der Waals surface area contributed by atoms with Gasteiger partial charge < -0.3 is 61.1 Å². The van der Waals surface area contributed by atoms with Crippen LogP contribution < -0.4 is 50.5 Å². The number of benzene rings is 6. The molecule has 7 aliphatic heterocycles. The number of hydrogen-bond acceptors (Lipinski definition) is 18. The lowest BCUT2D eigenvalue weighted by Gasteiger charge is -2.26. The molecular weight excluding hydrogens is 1450 g/mol. The molecule has 108 heavy (non-hydrogen) atoms. The van der Waals surface area contributed by atoms with Crippen LogP contribution >= 0.6 is 21.6 Å². The molecular formula is C77H94N12O16S3. The van der Waals surface area contributed by atoms with Crippen LogP contribution in [0.3, 0.4) is 0 Å². The van der Waals surface area contributed by atoms with Crippen LogP contribution in [0.4, 0.5) is 39.8 Å². The normalized spacial score (nSPS) is 13.1. The lowest BCUT2D eigenvalue weighted by atomic mass is 10.0. The van der Waals surface area contributed by atoms with E-state index in [2.05, 4.69) is 36.2 Å². The summed E-state index contributed by atoms with van der Waals surface area (Å²) < 4.78 is 28.7. The molecule has 0 unspecified atom stereocenters. The van der Waals surface area contributed by atoms with E-state index in [0.29, 0.717) is 90.7 Å². The smallest absolute Gasteiger partial charge is 0.303 e. The summed E-state index contributed by atoms with van der Waals surface area (Å²) in [6.07, 6.45) is 0.198. The van der Waals surface area contributed by atoms with Crippen molar-refractivity contribution in [3.8, 4) is 0 Å². The first-order valence-electron chi connectivity index (χ1n) is 35.7. The van der Waals surface area contributed by atoms with E-state index in [1.807, 2.05) is 140 Å². The number of amides is 8. The molecule has 0 radical (unpaired) electrons. The van der Waals surface area contributed by atoms with Crippen molar-refractivity contribution in [3.63, 3.8) is 0 Å². The molecule has 28 nitrogen and oxygen atoms in total. The first-order chi connectivity index (χ1) is 51.9. The van der Waals surface area contributed by atoms with Gasteiger partial charge in [-0.15, -0.1) is 0 Å². The van der Waals surface area contributed by atoms with Crippen molar-refractivity contribution >= 4 is 137 Å². The molecule has 6 aromatic rings. The number of anilines is 5. The Morgan fingerprint density at radius 2 is 0.657 bits per heavy atom. The third-order valence-corrected chi connectivity index (χ3v) is 21.0. The fraction of sp³-hybridized carbons (Fsp3) is 0.390. The van der Waals surface area contributed by atoms with Gasteiger partial charge in [-0.05, 0) is 158 Å². The highest BCUT2D eigenvalue weighted by Gasteiger charge is 2.24. The molecule has 0 atom stereocenters. The standard InChI is InChI=1S/C77H94N12O16S3/c1-85(2)61-27-15-59(16-28-61)83-84-60-17-29-66(30-18-60)108(104,105)82-46-52-107-106-51-45-81-67(90)31-35-71(94)86-47-3-4-48-87(72(95)39-42-78-68(91)32-36-75(98)99)63-21-11-57(12-22-63)54-58-13-25-65(26-14-58)89(74(97)41-44-80-70(93)34-38-77(102)103)50-6-5-49-88(73(96)40-43-79-69(92)33-37-76(100)101)64-23-9-56(10-24-64)53-55-7-19-62(86)20-8-55/h7-30,82H,3-6,31-54H2,1-2H3,(H,78,91)(H,79,92)(H,80,93)(H,81,90)(H,98,99)(H,100,101)(H,102,103). The van der Waals surface area contributed by atoms with Crippen molar-refractivity contribution in [1.29, 1.82) is 0 Å². The molecule has 31 heteroatoms. The van der Waals surface area contributed by atoms with Crippen LogP contribution in [0.25, 0.3) is 0 Å². The van der Waals surface area contributed by atoms with Gasteiger partial charge in [0.1, 0.15) is 0 Å². The number of azo groups is 1. The van der Waals surface area contributed by atoms with E-state index in [0.717, 1.165) is 27.9 Å². The highest BCUT2D eigenvalue weighted by Crippen LogP contribution is 2.28. The summed E-state index contributed by atoms with van der Waals surface area (Å²) in [7, 11) is 2.99. The van der Waals surface area contributed by atoms with Gasteiger partial charge in [-0.25, -0.2) is 13.1 Å². The Labute approximate surface area is 636 Å². The summed E-state index contributed by atoms with van der Waals surface area (Å²) in [6, 6.07) is 43.3. The summed E-state index contributed by atoms with van der Waals surface area (Å²) >= 11 is 0. The van der Waals surface area contributed by atoms with E-state index in [1.54, 1.807) is 31.7 Å². The minimum Gasteiger partial charge on any atom is -0.481 e. The SMILES string of the molecule is CN(C)c1ccc(N=Nc2ccc(S(=O)(=O)NCCSSCCNC(=O)CCC(=O)N3CCCCN(C(=O)CCNC(=O)CCC(=O)O)c4ccc(cc4)Cc4ccc(cc4)N(C(=O)CCNC(=O)CCC(=O)O)CCCCN(C(=O)CCNC(=O)CCC(=O)O)c4ccc(cc4)Cc4ccc3cc4)cc2)cc1. The molecule has 0 aromatic heterocycles. The van der Waals surface area contributed by atoms with Crippen LogP contribution in [0.15, 0.2) is 161 Å². The fourth-order valence-electron chi connectivity index (χ4n) is 11.3. The zero-order valence-electron chi connectivity index (χ0n) is 60.7. The number of sulfonamides is 1. The molecule has 0 saturated carbocycles. The van der Waals surface area contributed by atoms with E-state index < -0.39 is 45.7 Å². The van der Waals surface area contributed by atoms with Crippen LogP contribution in [0.1, 0.15) is 119 Å². The van der Waals surface area contributed by atoms with Crippen molar-refractivity contribution in [1.82, 2.24) is 26.0 Å². The van der Waals surface area contributed by atoms with Gasteiger partial charge in [0, 0.05) is 164 Å². The maximum Gasteiger partial charge on any atom is 0.303 e. The largest absolute Gasteiger partial charge is 0.481 e. The van der Waals surface area contributed by atoms with Gasteiger partial charge >= 0.3 is 17.9 Å². The van der Waals surface area contributed by atoms with Crippen LogP contribution in [-0.4, -0.2) is 173 Å². The molecule has 13 rings (SSSR count). The number of carboxylic acids is 3. The van der Waals surface area contributed by atoms with E-state index in [1.165, 1.54) is 33.7 Å². The quantitative estimate of drug-likeness (QED) is 0.0108. The summed E-state index contributed by atoms with van der Waals surface area (Å²) in [4.78, 5) is 149. The Balaban J connectivity index is 1.03. The predicted molar refractivity (Wildman–Crippen MR) is 416 cm³/mol. The molecule has 8 N–H and O–H groups in total. The Hall–Kier alpha value is -10.5. The third kappa shape index (κ3) is 30.0. The van der Waals surface area contributed by atoms with Crippen molar-refractivity contribution in [3.05, 3.63) is 168 Å². The Bertz CT molecular complexity index is 4150. The van der Waals surface area contributed by atoms with Gasteiger partial charge in [-0.2, -0.15) is 10.2 Å². The average molecular weight is 1540 g/mol. The molecule has 6 aromatic carbocycles. The van der Waals surface area contributed by atoms with Crippen molar-refractivity contribution in [2.75, 3.05) is 109 Å². The number of aliphatic carboxylic acids is 3. The first-order valence-corrected chi connectivity index (χ1v) is 39.7. The van der Waals surface area contributed by atoms with Crippen LogP contribution in [-0.2, 0) is 75.6 Å². The van der Waals surface area contributed by atoms with Crippen LogP contribution in [0, 0.1) is 0 Å². The van der Waals surface area contributed by atoms with Crippen molar-refractivity contribution in [2.45, 2.75) is 114 Å². The second-order valence-electron chi connectivity index (χ2n) is 25.6. The number of carboxylic acid groups (broad SMARTS) is 3. The molecule has 8 amide bonds. The lowest BCUT2D eigenvalue weighted by Crippen LogP contribution is -2.37. The second-order valence-corrected chi connectivity index (χ2v) is 30.1. The number of nitrogens with zero attached hydrogens (tertiary/aromatic N) is 7. The Morgan fingerprint density at radius 3 is 0.972 bits per heavy atom. The summed E-state index contributed by atoms with van der Waals surface area (Å²) in [5.74, 6) is -5.53. The van der Waals surface area contributed by atoms with Gasteiger partial charge in [-0.1, -0.05) is 70.1 Å². The molecule has 7 heterocycles. The third-order valence-electron chi connectivity index (χ3n) is 17.1. The number of carbonyl (C=O) groups excluding carboxylic acids is 8. The van der Waals surface area contributed by atoms with Gasteiger partial charge in [-0.3, -0.25) is 52.7 Å². The Kier molecular flexibility index (Phi) is 35.0. The second kappa shape index (κ2) is 44.6. The minimum atomic E-state index is -3.80. The Morgan fingerprint density at radius 1 is 0.370 bits per heavy atom. The van der Waals surface area contributed by atoms with Crippen LogP contribution in [0.5, 0.6) is 0 Å². The molecule has 8 bridgehead atoms. The highest BCUT2D eigenvalue weighted by atomic mass is 33.1.